The van der Waals surface area contributed by atoms with Crippen LogP contribution < -0.4 is 0 Å². The van der Waals surface area contributed by atoms with Gasteiger partial charge in [0, 0.05) is 6.20 Å². The van der Waals surface area contributed by atoms with Crippen molar-refractivity contribution < 1.29 is 4.79 Å². The molecule has 1 N–H and O–H groups in total. The Morgan fingerprint density at radius 3 is 3.00 bits per heavy atom. The molecule has 1 heterocycles. The van der Waals surface area contributed by atoms with Gasteiger partial charge in [-0.15, -0.1) is 0 Å². The van der Waals surface area contributed by atoms with E-state index in [2.05, 4.69) is 15.2 Å². The molecule has 0 amide bonds. The number of isocyanates is 1. The molecule has 1 fully saturated rings. The van der Waals surface area contributed by atoms with E-state index in [1.165, 1.54) is 0 Å². The van der Waals surface area contributed by atoms with E-state index in [4.69, 9.17) is 0 Å². The SMILES string of the molecule is O=C=NC1(c2ccn[nH]2)CC1. The highest BCUT2D eigenvalue weighted by molar-refractivity contribution is 5.39. The summed E-state index contributed by atoms with van der Waals surface area (Å²) < 4.78 is 0. The van der Waals surface area contributed by atoms with Crippen molar-refractivity contribution in [2.24, 2.45) is 4.99 Å². The smallest absolute Gasteiger partial charge is 0.235 e. The maximum absolute atomic E-state index is 10.0. The van der Waals surface area contributed by atoms with Gasteiger partial charge in [-0.05, 0) is 18.9 Å². The minimum absolute atomic E-state index is 0.293. The number of rotatable bonds is 2. The molecule has 0 radical (unpaired) electrons. The molecule has 0 saturated heterocycles. The standard InChI is InChI=1S/C7H7N3O/c11-5-8-7(2-3-7)6-1-4-9-10-6/h1,4H,2-3H2,(H,9,10). The third kappa shape index (κ3) is 0.880. The number of nitrogens with zero attached hydrogens (tertiary/aromatic N) is 2. The van der Waals surface area contributed by atoms with Crippen molar-refractivity contribution >= 4 is 6.08 Å². The molecule has 4 heteroatoms. The summed E-state index contributed by atoms with van der Waals surface area (Å²) in [5.74, 6) is 0. The number of carbonyl (C=O) groups excluding carboxylic acids is 1. The second-order valence-electron chi connectivity index (χ2n) is 2.70. The van der Waals surface area contributed by atoms with Crippen LogP contribution in [0.4, 0.5) is 0 Å². The molecule has 1 aromatic rings. The van der Waals surface area contributed by atoms with Crippen molar-refractivity contribution in [1.29, 1.82) is 0 Å². The van der Waals surface area contributed by atoms with Crippen molar-refractivity contribution in [2.75, 3.05) is 0 Å². The Balaban J connectivity index is 2.35. The monoisotopic (exact) mass is 149 g/mol. The van der Waals surface area contributed by atoms with Gasteiger partial charge < -0.3 is 0 Å². The van der Waals surface area contributed by atoms with Gasteiger partial charge in [-0.1, -0.05) is 0 Å². The molecule has 2 rings (SSSR count). The minimum atomic E-state index is -0.293. The highest BCUT2D eigenvalue weighted by Crippen LogP contribution is 2.48. The van der Waals surface area contributed by atoms with E-state index in [1.54, 1.807) is 12.3 Å². The van der Waals surface area contributed by atoms with Crippen LogP contribution in [0.1, 0.15) is 18.5 Å². The topological polar surface area (TPSA) is 58.1 Å². The molecule has 4 nitrogen and oxygen atoms in total. The number of aromatic nitrogens is 2. The number of H-pyrrole nitrogens is 1. The molecule has 0 aromatic carbocycles. The molecule has 1 aliphatic rings. The first kappa shape index (κ1) is 6.31. The minimum Gasteiger partial charge on any atom is -0.280 e. The van der Waals surface area contributed by atoms with Crippen molar-refractivity contribution in [1.82, 2.24) is 10.2 Å². The lowest BCUT2D eigenvalue weighted by atomic mass is 10.2. The second kappa shape index (κ2) is 2.04. The number of aromatic amines is 1. The number of nitrogens with one attached hydrogen (secondary N) is 1. The zero-order chi connectivity index (χ0) is 7.73. The maximum atomic E-state index is 10.0. The van der Waals surface area contributed by atoms with Gasteiger partial charge in [-0.2, -0.15) is 10.1 Å². The summed E-state index contributed by atoms with van der Waals surface area (Å²) in [5.41, 5.74) is 0.624. The van der Waals surface area contributed by atoms with E-state index >= 15 is 0 Å². The molecule has 1 saturated carbocycles. The molecule has 0 unspecified atom stereocenters. The van der Waals surface area contributed by atoms with E-state index < -0.39 is 0 Å². The van der Waals surface area contributed by atoms with E-state index in [-0.39, 0.29) is 5.54 Å². The lowest BCUT2D eigenvalue weighted by Gasteiger charge is -2.01. The van der Waals surface area contributed by atoms with Crippen molar-refractivity contribution in [3.05, 3.63) is 18.0 Å². The first-order valence-corrected chi connectivity index (χ1v) is 3.46. The van der Waals surface area contributed by atoms with Crippen LogP contribution in [0, 0.1) is 0 Å². The maximum Gasteiger partial charge on any atom is 0.235 e. The van der Waals surface area contributed by atoms with E-state index in [1.807, 2.05) is 6.07 Å². The molecule has 1 aliphatic carbocycles. The number of aliphatic imine (C=N–C) groups is 1. The fourth-order valence-corrected chi connectivity index (χ4v) is 1.16. The highest BCUT2D eigenvalue weighted by Gasteiger charge is 2.46. The van der Waals surface area contributed by atoms with Gasteiger partial charge >= 0.3 is 0 Å². The largest absolute Gasteiger partial charge is 0.280 e. The molecular formula is C7H7N3O. The van der Waals surface area contributed by atoms with Crippen molar-refractivity contribution in [2.45, 2.75) is 18.4 Å². The Kier molecular flexibility index (Phi) is 1.17. The molecule has 11 heavy (non-hydrogen) atoms. The summed E-state index contributed by atoms with van der Waals surface area (Å²) in [6.45, 7) is 0. The predicted molar refractivity (Wildman–Crippen MR) is 37.6 cm³/mol. The van der Waals surface area contributed by atoms with E-state index in [0.717, 1.165) is 18.5 Å². The van der Waals surface area contributed by atoms with Gasteiger partial charge in [0.2, 0.25) is 6.08 Å². The first-order chi connectivity index (χ1) is 5.37. The normalized spacial score (nSPS) is 18.9. The Labute approximate surface area is 63.3 Å². The second-order valence-corrected chi connectivity index (χ2v) is 2.70. The van der Waals surface area contributed by atoms with Crippen LogP contribution in [0.3, 0.4) is 0 Å². The van der Waals surface area contributed by atoms with Crippen LogP contribution >= 0.6 is 0 Å². The van der Waals surface area contributed by atoms with Gasteiger partial charge in [-0.25, -0.2) is 4.79 Å². The molecule has 0 bridgehead atoms. The molecule has 56 valence electrons. The summed E-state index contributed by atoms with van der Waals surface area (Å²) >= 11 is 0. The summed E-state index contributed by atoms with van der Waals surface area (Å²) in [7, 11) is 0. The summed E-state index contributed by atoms with van der Waals surface area (Å²) in [5, 5.41) is 6.60. The molecule has 0 spiro atoms. The van der Waals surface area contributed by atoms with E-state index in [0.29, 0.717) is 0 Å². The quantitative estimate of drug-likeness (QED) is 0.498. The van der Waals surface area contributed by atoms with Gasteiger partial charge in [0.15, 0.2) is 0 Å². The average Bonchev–Trinajstić information content (AvgIpc) is 2.63. The summed E-state index contributed by atoms with van der Waals surface area (Å²) in [4.78, 5) is 13.8. The molecule has 0 atom stereocenters. The first-order valence-electron chi connectivity index (χ1n) is 3.46. The molecule has 0 aliphatic heterocycles. The fraction of sp³-hybridized carbons (Fsp3) is 0.429. The molecular weight excluding hydrogens is 142 g/mol. The van der Waals surface area contributed by atoms with E-state index in [9.17, 15) is 4.79 Å². The van der Waals surface area contributed by atoms with Gasteiger partial charge in [0.25, 0.3) is 0 Å². The van der Waals surface area contributed by atoms with Crippen LogP contribution in [0.15, 0.2) is 17.3 Å². The third-order valence-corrected chi connectivity index (χ3v) is 1.99. The van der Waals surface area contributed by atoms with Crippen LogP contribution in [0.2, 0.25) is 0 Å². The van der Waals surface area contributed by atoms with Crippen LogP contribution in [-0.2, 0) is 10.3 Å². The van der Waals surface area contributed by atoms with Crippen molar-refractivity contribution in [3.8, 4) is 0 Å². The zero-order valence-electron chi connectivity index (χ0n) is 5.87. The lowest BCUT2D eigenvalue weighted by molar-refractivity contribution is 0.555. The summed E-state index contributed by atoms with van der Waals surface area (Å²) in [6, 6.07) is 1.84. The van der Waals surface area contributed by atoms with Crippen LogP contribution in [-0.4, -0.2) is 16.3 Å². The Morgan fingerprint density at radius 2 is 2.55 bits per heavy atom. The fourth-order valence-electron chi connectivity index (χ4n) is 1.16. The highest BCUT2D eigenvalue weighted by atomic mass is 16.1. The van der Waals surface area contributed by atoms with Gasteiger partial charge in [-0.3, -0.25) is 5.10 Å². The Morgan fingerprint density at radius 1 is 1.73 bits per heavy atom. The Hall–Kier alpha value is -1.41. The molecule has 1 aromatic heterocycles. The third-order valence-electron chi connectivity index (χ3n) is 1.99. The van der Waals surface area contributed by atoms with Gasteiger partial charge in [0.05, 0.1) is 5.69 Å². The van der Waals surface area contributed by atoms with Crippen LogP contribution in [0.5, 0.6) is 0 Å². The Bertz CT molecular complexity index is 293. The average molecular weight is 149 g/mol. The number of hydrogen-bond acceptors (Lipinski definition) is 3. The predicted octanol–water partition coefficient (Wildman–Crippen LogP) is 0.735. The summed E-state index contributed by atoms with van der Waals surface area (Å²) in [6.07, 6.45) is 5.09. The number of hydrogen-bond donors (Lipinski definition) is 1. The van der Waals surface area contributed by atoms with Gasteiger partial charge in [0.1, 0.15) is 5.54 Å². The lowest BCUT2D eigenvalue weighted by Crippen LogP contribution is -2.02. The van der Waals surface area contributed by atoms with Crippen molar-refractivity contribution in [3.63, 3.8) is 0 Å². The van der Waals surface area contributed by atoms with Crippen LogP contribution in [0.25, 0.3) is 0 Å². The zero-order valence-corrected chi connectivity index (χ0v) is 5.87.